The second-order valence-electron chi connectivity index (χ2n) is 8.12. The molecule has 0 bridgehead atoms. The van der Waals surface area contributed by atoms with E-state index in [0.717, 1.165) is 5.56 Å². The number of piperazine rings is 1. The normalized spacial score (nSPS) is 15.5. The third-order valence-corrected chi connectivity index (χ3v) is 7.77. The van der Waals surface area contributed by atoms with Crippen molar-refractivity contribution in [1.29, 1.82) is 0 Å². The monoisotopic (exact) mass is 477 g/mol. The predicted molar refractivity (Wildman–Crippen MR) is 130 cm³/mol. The Morgan fingerprint density at radius 2 is 1.29 bits per heavy atom. The van der Waals surface area contributed by atoms with Crippen LogP contribution in [0.2, 0.25) is 0 Å². The Hall–Kier alpha value is -3.49. The summed E-state index contributed by atoms with van der Waals surface area (Å²) >= 11 is 0. The van der Waals surface area contributed by atoms with Gasteiger partial charge in [0, 0.05) is 38.2 Å². The third kappa shape index (κ3) is 5.52. The van der Waals surface area contributed by atoms with Crippen LogP contribution in [0.25, 0.3) is 0 Å². The molecule has 7 nitrogen and oxygen atoms in total. The highest BCUT2D eigenvalue weighted by molar-refractivity contribution is 7.89. The maximum atomic E-state index is 13.4. The molecule has 3 aromatic rings. The number of hydrogen-bond donors (Lipinski definition) is 1. The number of rotatable bonds is 7. The minimum Gasteiger partial charge on any atom is -0.340 e. The van der Waals surface area contributed by atoms with Gasteiger partial charge in [0.25, 0.3) is 5.91 Å². The van der Waals surface area contributed by atoms with Crippen molar-refractivity contribution in [3.8, 4) is 0 Å². The fraction of sp³-hybridized carbons (Fsp3) is 0.231. The number of hydrogen-bond acceptors (Lipinski definition) is 4. The summed E-state index contributed by atoms with van der Waals surface area (Å²) in [6, 6.07) is 25.8. The summed E-state index contributed by atoms with van der Waals surface area (Å²) < 4.78 is 27.2. The van der Waals surface area contributed by atoms with E-state index in [1.807, 2.05) is 36.4 Å². The van der Waals surface area contributed by atoms with Gasteiger partial charge in [-0.05, 0) is 29.8 Å². The Morgan fingerprint density at radius 1 is 0.765 bits per heavy atom. The highest BCUT2D eigenvalue weighted by Crippen LogP contribution is 2.18. The molecule has 1 heterocycles. The molecule has 1 aliphatic rings. The molecule has 0 radical (unpaired) electrons. The second kappa shape index (κ2) is 10.6. The minimum atomic E-state index is -3.61. The average Bonchev–Trinajstić information content (AvgIpc) is 2.89. The molecule has 2 amide bonds. The molecule has 1 atom stereocenters. The molecule has 176 valence electrons. The highest BCUT2D eigenvalue weighted by atomic mass is 32.2. The number of nitrogens with one attached hydrogen (secondary N) is 1. The zero-order valence-electron chi connectivity index (χ0n) is 18.7. The number of benzene rings is 3. The SMILES string of the molecule is O=C(N[C@H](Cc1ccccc1)C(=O)N1CCN(S(=O)(=O)c2ccccc2)CC1)c1ccccc1. The Morgan fingerprint density at radius 3 is 1.88 bits per heavy atom. The first-order valence-corrected chi connectivity index (χ1v) is 12.6. The molecule has 1 N–H and O–H groups in total. The quantitative estimate of drug-likeness (QED) is 0.567. The smallest absolute Gasteiger partial charge is 0.251 e. The van der Waals surface area contributed by atoms with Gasteiger partial charge in [-0.3, -0.25) is 9.59 Å². The molecule has 3 aromatic carbocycles. The summed E-state index contributed by atoms with van der Waals surface area (Å²) in [6.45, 7) is 0.927. The summed E-state index contributed by atoms with van der Waals surface area (Å²) in [6.07, 6.45) is 0.348. The lowest BCUT2D eigenvalue weighted by molar-refractivity contribution is -0.134. The summed E-state index contributed by atoms with van der Waals surface area (Å²) in [7, 11) is -3.61. The number of amides is 2. The lowest BCUT2D eigenvalue weighted by atomic mass is 10.0. The summed E-state index contributed by atoms with van der Waals surface area (Å²) in [5, 5.41) is 2.88. The highest BCUT2D eigenvalue weighted by Gasteiger charge is 2.33. The Kier molecular flexibility index (Phi) is 7.40. The van der Waals surface area contributed by atoms with Crippen LogP contribution in [0.3, 0.4) is 0 Å². The van der Waals surface area contributed by atoms with E-state index in [1.54, 1.807) is 59.5 Å². The summed E-state index contributed by atoms with van der Waals surface area (Å²) in [5.74, 6) is -0.537. The molecule has 8 heteroatoms. The van der Waals surface area contributed by atoms with Crippen molar-refractivity contribution < 1.29 is 18.0 Å². The molecule has 4 rings (SSSR count). The van der Waals surface area contributed by atoms with Gasteiger partial charge in [0.15, 0.2) is 0 Å². The van der Waals surface area contributed by atoms with Crippen molar-refractivity contribution in [2.45, 2.75) is 17.4 Å². The number of carbonyl (C=O) groups is 2. The molecular formula is C26H27N3O4S. The molecule has 34 heavy (non-hydrogen) atoms. The van der Waals surface area contributed by atoms with Crippen LogP contribution in [0, 0.1) is 0 Å². The van der Waals surface area contributed by atoms with Gasteiger partial charge < -0.3 is 10.2 Å². The molecule has 0 spiro atoms. The topological polar surface area (TPSA) is 86.8 Å². The van der Waals surface area contributed by atoms with Gasteiger partial charge >= 0.3 is 0 Å². The lowest BCUT2D eigenvalue weighted by Crippen LogP contribution is -2.56. The maximum absolute atomic E-state index is 13.4. The van der Waals surface area contributed by atoms with E-state index in [1.165, 1.54) is 4.31 Å². The molecule has 1 fully saturated rings. The minimum absolute atomic E-state index is 0.202. The maximum Gasteiger partial charge on any atom is 0.251 e. The van der Waals surface area contributed by atoms with Gasteiger partial charge in [-0.15, -0.1) is 0 Å². The van der Waals surface area contributed by atoms with Crippen LogP contribution < -0.4 is 5.32 Å². The van der Waals surface area contributed by atoms with Gasteiger partial charge in [0.05, 0.1) is 4.90 Å². The van der Waals surface area contributed by atoms with E-state index in [0.29, 0.717) is 12.0 Å². The predicted octanol–water partition coefficient (Wildman–Crippen LogP) is 2.56. The molecular weight excluding hydrogens is 450 g/mol. The second-order valence-corrected chi connectivity index (χ2v) is 10.1. The van der Waals surface area contributed by atoms with Crippen LogP contribution in [0.5, 0.6) is 0 Å². The van der Waals surface area contributed by atoms with Crippen LogP contribution in [0.4, 0.5) is 0 Å². The fourth-order valence-electron chi connectivity index (χ4n) is 3.99. The van der Waals surface area contributed by atoms with E-state index in [9.17, 15) is 18.0 Å². The Bertz CT molecular complexity index is 1210. The van der Waals surface area contributed by atoms with Gasteiger partial charge in [-0.1, -0.05) is 66.7 Å². The van der Waals surface area contributed by atoms with Crippen molar-refractivity contribution in [2.24, 2.45) is 0 Å². The van der Waals surface area contributed by atoms with Crippen molar-refractivity contribution in [2.75, 3.05) is 26.2 Å². The summed E-state index contributed by atoms with van der Waals surface area (Å²) in [4.78, 5) is 28.1. The third-order valence-electron chi connectivity index (χ3n) is 5.85. The van der Waals surface area contributed by atoms with Crippen LogP contribution in [-0.2, 0) is 21.2 Å². The zero-order chi connectivity index (χ0) is 24.0. The van der Waals surface area contributed by atoms with Crippen molar-refractivity contribution in [3.05, 3.63) is 102 Å². The lowest BCUT2D eigenvalue weighted by Gasteiger charge is -2.36. The summed E-state index contributed by atoms with van der Waals surface area (Å²) in [5.41, 5.74) is 1.41. The fourth-order valence-corrected chi connectivity index (χ4v) is 5.43. The Labute approximate surface area is 200 Å². The van der Waals surface area contributed by atoms with E-state index in [4.69, 9.17) is 0 Å². The van der Waals surface area contributed by atoms with Crippen LogP contribution in [-0.4, -0.2) is 61.7 Å². The molecule has 0 saturated carbocycles. The molecule has 1 saturated heterocycles. The van der Waals surface area contributed by atoms with Gasteiger partial charge in [-0.2, -0.15) is 4.31 Å². The first-order chi connectivity index (χ1) is 16.4. The van der Waals surface area contributed by atoms with Gasteiger partial charge in [0.2, 0.25) is 15.9 Å². The van der Waals surface area contributed by atoms with Crippen molar-refractivity contribution in [3.63, 3.8) is 0 Å². The standard InChI is InChI=1S/C26H27N3O4S/c30-25(22-12-6-2-7-13-22)27-24(20-21-10-4-1-5-11-21)26(31)28-16-18-29(19-17-28)34(32,33)23-14-8-3-9-15-23/h1-15,24H,16-20H2,(H,27,30)/t24-/m1/s1. The first-order valence-electron chi connectivity index (χ1n) is 11.2. The van der Waals surface area contributed by atoms with Crippen LogP contribution in [0.15, 0.2) is 95.9 Å². The number of nitrogens with zero attached hydrogens (tertiary/aromatic N) is 2. The molecule has 0 unspecified atom stereocenters. The average molecular weight is 478 g/mol. The van der Waals surface area contributed by atoms with Gasteiger partial charge in [0.1, 0.15) is 6.04 Å². The van der Waals surface area contributed by atoms with Crippen molar-refractivity contribution in [1.82, 2.24) is 14.5 Å². The number of sulfonamides is 1. The zero-order valence-corrected chi connectivity index (χ0v) is 19.5. The van der Waals surface area contributed by atoms with E-state index in [-0.39, 0.29) is 42.9 Å². The van der Waals surface area contributed by atoms with E-state index >= 15 is 0 Å². The van der Waals surface area contributed by atoms with Crippen molar-refractivity contribution >= 4 is 21.8 Å². The van der Waals surface area contributed by atoms with Gasteiger partial charge in [-0.25, -0.2) is 8.42 Å². The largest absolute Gasteiger partial charge is 0.340 e. The molecule has 0 aromatic heterocycles. The molecule has 0 aliphatic carbocycles. The first kappa shape index (κ1) is 23.7. The van der Waals surface area contributed by atoms with Crippen LogP contribution >= 0.6 is 0 Å². The molecule has 1 aliphatic heterocycles. The Balaban J connectivity index is 1.46. The van der Waals surface area contributed by atoms with E-state index < -0.39 is 16.1 Å². The number of carbonyl (C=O) groups excluding carboxylic acids is 2. The van der Waals surface area contributed by atoms with Crippen LogP contribution in [0.1, 0.15) is 15.9 Å². The van der Waals surface area contributed by atoms with E-state index in [2.05, 4.69) is 5.32 Å².